The number of fused-ring (bicyclic) bond motifs is 2. The number of benzene rings is 2. The third kappa shape index (κ3) is 3.03. The Labute approximate surface area is 148 Å². The zero-order valence-electron chi connectivity index (χ0n) is 15.0. The highest BCUT2D eigenvalue weighted by Gasteiger charge is 2.09. The van der Waals surface area contributed by atoms with Crippen molar-refractivity contribution in [3.63, 3.8) is 0 Å². The minimum Gasteiger partial charge on any atom is -0.358 e. The first-order valence-corrected chi connectivity index (χ1v) is 8.74. The van der Waals surface area contributed by atoms with Gasteiger partial charge in [-0.2, -0.15) is 0 Å². The van der Waals surface area contributed by atoms with Gasteiger partial charge < -0.3 is 10.3 Å². The Balaban J connectivity index is 1.54. The van der Waals surface area contributed by atoms with Gasteiger partial charge in [0.2, 0.25) is 0 Å². The van der Waals surface area contributed by atoms with Crippen LogP contribution in [-0.4, -0.2) is 9.97 Å². The van der Waals surface area contributed by atoms with E-state index in [1.807, 2.05) is 12.3 Å². The number of hydrogen-bond acceptors (Lipinski definition) is 2. The lowest BCUT2D eigenvalue weighted by Gasteiger charge is -2.09. The molecule has 3 heteroatoms. The van der Waals surface area contributed by atoms with Crippen molar-refractivity contribution in [3.05, 3.63) is 76.6 Å². The quantitative estimate of drug-likeness (QED) is 0.557. The maximum Gasteiger partial charge on any atom is 0.0702 e. The summed E-state index contributed by atoms with van der Waals surface area (Å²) in [4.78, 5) is 7.93. The fourth-order valence-corrected chi connectivity index (χ4v) is 3.50. The van der Waals surface area contributed by atoms with Crippen LogP contribution >= 0.6 is 0 Å². The lowest BCUT2D eigenvalue weighted by atomic mass is 10.0. The van der Waals surface area contributed by atoms with Gasteiger partial charge >= 0.3 is 0 Å². The van der Waals surface area contributed by atoms with Crippen LogP contribution in [-0.2, 0) is 13.1 Å². The first kappa shape index (κ1) is 15.9. The zero-order chi connectivity index (χ0) is 17.4. The van der Waals surface area contributed by atoms with Gasteiger partial charge in [0.05, 0.1) is 11.0 Å². The highest BCUT2D eigenvalue weighted by Crippen LogP contribution is 2.26. The van der Waals surface area contributed by atoms with Crippen LogP contribution in [0.25, 0.3) is 21.8 Å². The van der Waals surface area contributed by atoms with Crippen LogP contribution in [0.2, 0.25) is 0 Å². The lowest BCUT2D eigenvalue weighted by Crippen LogP contribution is -2.13. The van der Waals surface area contributed by atoms with Gasteiger partial charge in [0.15, 0.2) is 0 Å². The molecular weight excluding hydrogens is 306 g/mol. The summed E-state index contributed by atoms with van der Waals surface area (Å²) >= 11 is 0. The van der Waals surface area contributed by atoms with E-state index in [-0.39, 0.29) is 0 Å². The third-order valence-corrected chi connectivity index (χ3v) is 4.96. The molecule has 2 aromatic heterocycles. The second-order valence-electron chi connectivity index (χ2n) is 6.86. The normalized spacial score (nSPS) is 11.5. The predicted molar refractivity (Wildman–Crippen MR) is 105 cm³/mol. The summed E-state index contributed by atoms with van der Waals surface area (Å²) in [6.45, 7) is 8.20. The van der Waals surface area contributed by atoms with E-state index in [4.69, 9.17) is 0 Å². The fourth-order valence-electron chi connectivity index (χ4n) is 3.50. The SMILES string of the molecule is Cc1cc(CNCc2ccc3ncccc3c2)c2[nH]c(C)c(C)c2c1. The van der Waals surface area contributed by atoms with Crippen LogP contribution in [0, 0.1) is 20.8 Å². The maximum atomic E-state index is 4.38. The van der Waals surface area contributed by atoms with Gasteiger partial charge in [-0.05, 0) is 61.7 Å². The largest absolute Gasteiger partial charge is 0.358 e. The number of aryl methyl sites for hydroxylation is 3. The molecule has 0 saturated carbocycles. The van der Waals surface area contributed by atoms with E-state index >= 15 is 0 Å². The molecule has 0 unspecified atom stereocenters. The molecule has 0 bridgehead atoms. The van der Waals surface area contributed by atoms with Crippen LogP contribution in [0.4, 0.5) is 0 Å². The average Bonchev–Trinajstić information content (AvgIpc) is 2.90. The van der Waals surface area contributed by atoms with Crippen molar-refractivity contribution in [2.45, 2.75) is 33.9 Å². The lowest BCUT2D eigenvalue weighted by molar-refractivity contribution is 0.696. The van der Waals surface area contributed by atoms with Crippen molar-refractivity contribution in [2.75, 3.05) is 0 Å². The van der Waals surface area contributed by atoms with Crippen LogP contribution in [0.1, 0.15) is 27.9 Å². The predicted octanol–water partition coefficient (Wildman–Crippen LogP) is 4.93. The Morgan fingerprint density at radius 1 is 1.00 bits per heavy atom. The minimum atomic E-state index is 0.846. The van der Waals surface area contributed by atoms with Crippen molar-refractivity contribution in [1.29, 1.82) is 0 Å². The van der Waals surface area contributed by atoms with E-state index < -0.39 is 0 Å². The van der Waals surface area contributed by atoms with Gasteiger partial charge in [-0.3, -0.25) is 4.98 Å². The summed E-state index contributed by atoms with van der Waals surface area (Å²) in [5.74, 6) is 0. The van der Waals surface area contributed by atoms with Crippen molar-refractivity contribution >= 4 is 21.8 Å². The summed E-state index contributed by atoms with van der Waals surface area (Å²) in [6.07, 6.45) is 1.84. The molecule has 0 amide bonds. The summed E-state index contributed by atoms with van der Waals surface area (Å²) in [5, 5.41) is 6.12. The molecule has 2 heterocycles. The molecule has 0 aliphatic rings. The maximum absolute atomic E-state index is 4.38. The molecule has 0 aliphatic carbocycles. The molecule has 3 nitrogen and oxygen atoms in total. The van der Waals surface area contributed by atoms with Crippen molar-refractivity contribution in [2.24, 2.45) is 0 Å². The third-order valence-electron chi connectivity index (χ3n) is 4.96. The van der Waals surface area contributed by atoms with Gasteiger partial charge in [0, 0.05) is 35.8 Å². The van der Waals surface area contributed by atoms with Gasteiger partial charge in [-0.1, -0.05) is 23.8 Å². The standard InChI is InChI=1S/C22H23N3/c1-14-9-19(22-20(10-14)15(2)16(3)25-22)13-23-12-17-6-7-21-18(11-17)5-4-8-24-21/h4-11,23,25H,12-13H2,1-3H3. The summed E-state index contributed by atoms with van der Waals surface area (Å²) < 4.78 is 0. The van der Waals surface area contributed by atoms with Crippen LogP contribution < -0.4 is 5.32 Å². The van der Waals surface area contributed by atoms with Crippen molar-refractivity contribution < 1.29 is 0 Å². The van der Waals surface area contributed by atoms with Crippen molar-refractivity contribution in [3.8, 4) is 0 Å². The van der Waals surface area contributed by atoms with Gasteiger partial charge in [-0.25, -0.2) is 0 Å². The Bertz CT molecular complexity index is 1060. The number of aromatic nitrogens is 2. The Morgan fingerprint density at radius 3 is 2.76 bits per heavy atom. The Kier molecular flexibility index (Phi) is 4.02. The number of rotatable bonds is 4. The number of nitrogens with zero attached hydrogens (tertiary/aromatic N) is 1. The molecule has 4 aromatic rings. The molecule has 25 heavy (non-hydrogen) atoms. The first-order chi connectivity index (χ1) is 12.1. The average molecular weight is 329 g/mol. The Morgan fingerprint density at radius 2 is 1.88 bits per heavy atom. The first-order valence-electron chi connectivity index (χ1n) is 8.74. The topological polar surface area (TPSA) is 40.7 Å². The van der Waals surface area contributed by atoms with Crippen LogP contribution in [0.15, 0.2) is 48.7 Å². The Hall–Kier alpha value is -2.65. The minimum absolute atomic E-state index is 0.846. The number of aromatic amines is 1. The molecule has 2 N–H and O–H groups in total. The molecule has 0 fully saturated rings. The van der Waals surface area contributed by atoms with Gasteiger partial charge in [0.25, 0.3) is 0 Å². The molecular formula is C22H23N3. The van der Waals surface area contributed by atoms with E-state index in [1.54, 1.807) is 0 Å². The smallest absolute Gasteiger partial charge is 0.0702 e. The molecule has 4 rings (SSSR count). The molecule has 0 radical (unpaired) electrons. The number of pyridine rings is 1. The van der Waals surface area contributed by atoms with E-state index in [1.165, 1.54) is 44.2 Å². The van der Waals surface area contributed by atoms with E-state index in [0.717, 1.165) is 18.6 Å². The molecule has 0 aliphatic heterocycles. The van der Waals surface area contributed by atoms with Crippen LogP contribution in [0.5, 0.6) is 0 Å². The summed E-state index contributed by atoms with van der Waals surface area (Å²) in [5.41, 5.74) is 8.82. The highest BCUT2D eigenvalue weighted by atomic mass is 14.9. The van der Waals surface area contributed by atoms with E-state index in [0.29, 0.717) is 0 Å². The monoisotopic (exact) mass is 329 g/mol. The second kappa shape index (κ2) is 6.34. The van der Waals surface area contributed by atoms with E-state index in [9.17, 15) is 0 Å². The molecule has 2 aromatic carbocycles. The number of H-pyrrole nitrogens is 1. The van der Waals surface area contributed by atoms with E-state index in [2.05, 4.69) is 72.5 Å². The van der Waals surface area contributed by atoms with Gasteiger partial charge in [-0.15, -0.1) is 0 Å². The fraction of sp³-hybridized carbons (Fsp3) is 0.227. The molecule has 0 atom stereocenters. The highest BCUT2D eigenvalue weighted by molar-refractivity contribution is 5.87. The molecule has 126 valence electrons. The number of hydrogen-bond donors (Lipinski definition) is 2. The zero-order valence-corrected chi connectivity index (χ0v) is 15.0. The second-order valence-corrected chi connectivity index (χ2v) is 6.86. The summed E-state index contributed by atoms with van der Waals surface area (Å²) in [7, 11) is 0. The number of nitrogens with one attached hydrogen (secondary N) is 2. The van der Waals surface area contributed by atoms with Crippen LogP contribution in [0.3, 0.4) is 0 Å². The molecule has 0 saturated heterocycles. The van der Waals surface area contributed by atoms with Crippen molar-refractivity contribution in [1.82, 2.24) is 15.3 Å². The molecule has 0 spiro atoms. The van der Waals surface area contributed by atoms with Gasteiger partial charge in [0.1, 0.15) is 0 Å². The summed E-state index contributed by atoms with van der Waals surface area (Å²) in [6, 6.07) is 15.1.